The monoisotopic (exact) mass is 296 g/mol. The number of carbonyl (C=O) groups excluding carboxylic acids is 1. The highest BCUT2D eigenvalue weighted by molar-refractivity contribution is 5.85. The molecule has 0 aliphatic carbocycles. The van der Waals surface area contributed by atoms with Gasteiger partial charge in [0.05, 0.1) is 6.54 Å². The molecule has 1 aromatic rings. The number of nitrogens with zero attached hydrogens (tertiary/aromatic N) is 1. The standard InChI is InChI=1S/C16H24N2O.ClH/c1-3-16(4-2)10-11-18(13-16)15(19)12-17-14-8-6-5-7-9-14;/h5-9,17H,3-4,10-13H2,1-2H3;1H. The number of nitrogens with one attached hydrogen (secondary N) is 1. The van der Waals surface area contributed by atoms with Crippen molar-refractivity contribution >= 4 is 24.0 Å². The fraction of sp³-hybridized carbons (Fsp3) is 0.562. The largest absolute Gasteiger partial charge is 0.376 e. The molecule has 20 heavy (non-hydrogen) atoms. The second kappa shape index (κ2) is 7.53. The summed E-state index contributed by atoms with van der Waals surface area (Å²) in [5, 5.41) is 3.19. The number of rotatable bonds is 5. The molecule has 0 saturated carbocycles. The molecule has 0 radical (unpaired) electrons. The van der Waals surface area contributed by atoms with E-state index in [9.17, 15) is 4.79 Å². The van der Waals surface area contributed by atoms with Crippen molar-refractivity contribution in [3.63, 3.8) is 0 Å². The summed E-state index contributed by atoms with van der Waals surface area (Å²) in [6, 6.07) is 9.90. The zero-order valence-corrected chi connectivity index (χ0v) is 13.2. The predicted octanol–water partition coefficient (Wildman–Crippen LogP) is 3.56. The maximum atomic E-state index is 12.2. The summed E-state index contributed by atoms with van der Waals surface area (Å²) in [5.74, 6) is 0.215. The van der Waals surface area contributed by atoms with Crippen LogP contribution in [0.5, 0.6) is 0 Å². The molecule has 112 valence electrons. The van der Waals surface area contributed by atoms with Crippen LogP contribution in [0.15, 0.2) is 30.3 Å². The molecule has 1 heterocycles. The molecular weight excluding hydrogens is 272 g/mol. The molecule has 1 fully saturated rings. The Kier molecular flexibility index (Phi) is 6.34. The van der Waals surface area contributed by atoms with Gasteiger partial charge in [-0.15, -0.1) is 12.4 Å². The quantitative estimate of drug-likeness (QED) is 0.901. The van der Waals surface area contributed by atoms with Gasteiger partial charge in [0, 0.05) is 18.8 Å². The Balaban J connectivity index is 0.00000200. The van der Waals surface area contributed by atoms with E-state index in [0.29, 0.717) is 12.0 Å². The molecule has 1 saturated heterocycles. The van der Waals surface area contributed by atoms with Gasteiger partial charge in [-0.25, -0.2) is 0 Å². The summed E-state index contributed by atoms with van der Waals surface area (Å²) in [4.78, 5) is 14.2. The fourth-order valence-corrected chi connectivity index (χ4v) is 2.82. The molecule has 0 unspecified atom stereocenters. The van der Waals surface area contributed by atoms with Crippen molar-refractivity contribution in [2.75, 3.05) is 25.0 Å². The molecule has 4 heteroatoms. The first-order valence-corrected chi connectivity index (χ1v) is 7.26. The molecule has 0 spiro atoms. The van der Waals surface area contributed by atoms with Gasteiger partial charge in [0.25, 0.3) is 0 Å². The minimum absolute atomic E-state index is 0. The molecule has 2 rings (SSSR count). The zero-order valence-electron chi connectivity index (χ0n) is 12.4. The summed E-state index contributed by atoms with van der Waals surface area (Å²) in [7, 11) is 0. The summed E-state index contributed by atoms with van der Waals surface area (Å²) >= 11 is 0. The average molecular weight is 297 g/mol. The van der Waals surface area contributed by atoms with Gasteiger partial charge in [0.2, 0.25) is 5.91 Å². The van der Waals surface area contributed by atoms with E-state index in [-0.39, 0.29) is 18.3 Å². The van der Waals surface area contributed by atoms with Gasteiger partial charge in [0.1, 0.15) is 0 Å². The summed E-state index contributed by atoms with van der Waals surface area (Å²) in [6.07, 6.45) is 3.48. The molecule has 1 amide bonds. The number of halogens is 1. The van der Waals surface area contributed by atoms with Crippen LogP contribution in [-0.2, 0) is 4.79 Å². The molecule has 0 bridgehead atoms. The molecule has 1 N–H and O–H groups in total. The maximum absolute atomic E-state index is 12.2. The van der Waals surface area contributed by atoms with Gasteiger partial charge in [-0.3, -0.25) is 4.79 Å². The molecule has 1 aliphatic heterocycles. The number of hydrogen-bond acceptors (Lipinski definition) is 2. The Morgan fingerprint density at radius 2 is 1.90 bits per heavy atom. The highest BCUT2D eigenvalue weighted by atomic mass is 35.5. The first-order chi connectivity index (χ1) is 9.19. The Morgan fingerprint density at radius 1 is 1.25 bits per heavy atom. The lowest BCUT2D eigenvalue weighted by Crippen LogP contribution is -2.35. The van der Waals surface area contributed by atoms with Crippen molar-refractivity contribution in [3.05, 3.63) is 30.3 Å². The minimum Gasteiger partial charge on any atom is -0.376 e. The highest BCUT2D eigenvalue weighted by Gasteiger charge is 2.36. The topological polar surface area (TPSA) is 32.3 Å². The number of likely N-dealkylation sites (tertiary alicyclic amines) is 1. The Bertz CT molecular complexity index is 418. The van der Waals surface area contributed by atoms with E-state index in [0.717, 1.165) is 25.2 Å². The van der Waals surface area contributed by atoms with Crippen LogP contribution < -0.4 is 5.32 Å². The van der Waals surface area contributed by atoms with E-state index in [1.54, 1.807) is 0 Å². The van der Waals surface area contributed by atoms with E-state index in [1.165, 1.54) is 12.8 Å². The van der Waals surface area contributed by atoms with Gasteiger partial charge in [-0.2, -0.15) is 0 Å². The number of amides is 1. The van der Waals surface area contributed by atoms with E-state index in [4.69, 9.17) is 0 Å². The van der Waals surface area contributed by atoms with Crippen LogP contribution in [0.2, 0.25) is 0 Å². The van der Waals surface area contributed by atoms with Crippen molar-refractivity contribution in [1.29, 1.82) is 0 Å². The molecule has 0 aromatic heterocycles. The van der Waals surface area contributed by atoms with Crippen LogP contribution in [0.3, 0.4) is 0 Å². The second-order valence-electron chi connectivity index (χ2n) is 5.49. The van der Waals surface area contributed by atoms with Crippen LogP contribution in [0.4, 0.5) is 5.69 Å². The zero-order chi connectivity index (χ0) is 13.7. The van der Waals surface area contributed by atoms with Crippen LogP contribution in [-0.4, -0.2) is 30.4 Å². The second-order valence-corrected chi connectivity index (χ2v) is 5.49. The van der Waals surface area contributed by atoms with Crippen molar-refractivity contribution < 1.29 is 4.79 Å². The maximum Gasteiger partial charge on any atom is 0.241 e. The SMILES string of the molecule is CCC1(CC)CCN(C(=O)CNc2ccccc2)C1.Cl. The van der Waals surface area contributed by atoms with Crippen LogP contribution in [0.1, 0.15) is 33.1 Å². The van der Waals surface area contributed by atoms with E-state index in [2.05, 4.69) is 19.2 Å². The normalized spacial score (nSPS) is 16.6. The number of benzene rings is 1. The van der Waals surface area contributed by atoms with Gasteiger partial charge >= 0.3 is 0 Å². The number of para-hydroxylation sites is 1. The Labute approximate surface area is 128 Å². The van der Waals surface area contributed by atoms with Crippen molar-refractivity contribution in [3.8, 4) is 0 Å². The number of hydrogen-bond donors (Lipinski definition) is 1. The van der Waals surface area contributed by atoms with Crippen molar-refractivity contribution in [1.82, 2.24) is 4.90 Å². The van der Waals surface area contributed by atoms with Crippen LogP contribution >= 0.6 is 12.4 Å². The highest BCUT2D eigenvalue weighted by Crippen LogP contribution is 2.36. The lowest BCUT2D eigenvalue weighted by atomic mass is 9.82. The first kappa shape index (κ1) is 16.8. The average Bonchev–Trinajstić information content (AvgIpc) is 2.91. The number of carbonyl (C=O) groups is 1. The summed E-state index contributed by atoms with van der Waals surface area (Å²) < 4.78 is 0. The predicted molar refractivity (Wildman–Crippen MR) is 86.4 cm³/mol. The molecule has 0 atom stereocenters. The summed E-state index contributed by atoms with van der Waals surface area (Å²) in [5.41, 5.74) is 1.37. The Morgan fingerprint density at radius 3 is 2.45 bits per heavy atom. The molecule has 3 nitrogen and oxygen atoms in total. The lowest BCUT2D eigenvalue weighted by Gasteiger charge is -2.26. The lowest BCUT2D eigenvalue weighted by molar-refractivity contribution is -0.128. The van der Waals surface area contributed by atoms with Gasteiger partial charge in [-0.1, -0.05) is 32.0 Å². The third kappa shape index (κ3) is 3.89. The third-order valence-electron chi connectivity index (χ3n) is 4.51. The van der Waals surface area contributed by atoms with E-state index in [1.807, 2.05) is 35.2 Å². The fourth-order valence-electron chi connectivity index (χ4n) is 2.82. The molecule has 1 aromatic carbocycles. The van der Waals surface area contributed by atoms with E-state index < -0.39 is 0 Å². The van der Waals surface area contributed by atoms with Crippen molar-refractivity contribution in [2.45, 2.75) is 33.1 Å². The minimum atomic E-state index is 0. The molecular formula is C16H25ClN2O. The Hall–Kier alpha value is -1.22. The third-order valence-corrected chi connectivity index (χ3v) is 4.51. The number of anilines is 1. The van der Waals surface area contributed by atoms with Gasteiger partial charge in [0.15, 0.2) is 0 Å². The smallest absolute Gasteiger partial charge is 0.241 e. The van der Waals surface area contributed by atoms with Gasteiger partial charge in [-0.05, 0) is 36.8 Å². The first-order valence-electron chi connectivity index (χ1n) is 7.26. The van der Waals surface area contributed by atoms with Crippen LogP contribution in [0.25, 0.3) is 0 Å². The van der Waals surface area contributed by atoms with Gasteiger partial charge < -0.3 is 10.2 Å². The van der Waals surface area contributed by atoms with Crippen molar-refractivity contribution in [2.24, 2.45) is 5.41 Å². The molecule has 1 aliphatic rings. The summed E-state index contributed by atoms with van der Waals surface area (Å²) in [6.45, 7) is 6.71. The van der Waals surface area contributed by atoms with E-state index >= 15 is 0 Å². The van der Waals surface area contributed by atoms with Crippen LogP contribution in [0, 0.1) is 5.41 Å².